The quantitative estimate of drug-likeness (QED) is 0.720. The number of rotatable bonds is 3. The van der Waals surface area contributed by atoms with Crippen molar-refractivity contribution < 1.29 is 9.59 Å². The Hall–Kier alpha value is -1.65. The Labute approximate surface area is 148 Å². The molecule has 1 fully saturated rings. The van der Waals surface area contributed by atoms with E-state index in [-0.39, 0.29) is 24.2 Å². The number of aryl methyl sites for hydroxylation is 1. The number of hydrogen-bond donors (Lipinski definition) is 0. The molecule has 2 aromatic carbocycles. The maximum Gasteiger partial charge on any atom is 0.237 e. The zero-order chi connectivity index (χ0) is 16.6. The monoisotopic (exact) mass is 391 g/mol. The highest BCUT2D eigenvalue weighted by Crippen LogP contribution is 2.31. The third kappa shape index (κ3) is 3.33. The molecule has 1 heterocycles. The van der Waals surface area contributed by atoms with Crippen LogP contribution in [0.3, 0.4) is 0 Å². The second-order valence-corrected chi connectivity index (χ2v) is 7.02. The van der Waals surface area contributed by atoms with Crippen molar-refractivity contribution in [3.63, 3.8) is 0 Å². The highest BCUT2D eigenvalue weighted by molar-refractivity contribution is 9.10. The number of anilines is 1. The summed E-state index contributed by atoms with van der Waals surface area (Å²) in [5.41, 5.74) is 2.69. The highest BCUT2D eigenvalue weighted by Gasteiger charge is 2.39. The molecule has 23 heavy (non-hydrogen) atoms. The van der Waals surface area contributed by atoms with Crippen LogP contribution in [0.25, 0.3) is 0 Å². The molecule has 1 saturated heterocycles. The minimum Gasteiger partial charge on any atom is -0.274 e. The van der Waals surface area contributed by atoms with Gasteiger partial charge in [0.15, 0.2) is 0 Å². The van der Waals surface area contributed by atoms with Crippen LogP contribution in [0.15, 0.2) is 46.9 Å². The third-order valence-electron chi connectivity index (χ3n) is 4.05. The summed E-state index contributed by atoms with van der Waals surface area (Å²) < 4.78 is 0.886. The number of carbonyl (C=O) groups excluding carboxylic acids is 2. The summed E-state index contributed by atoms with van der Waals surface area (Å²) in [4.78, 5) is 26.2. The molecule has 0 aromatic heterocycles. The van der Waals surface area contributed by atoms with E-state index in [0.717, 1.165) is 15.6 Å². The van der Waals surface area contributed by atoms with E-state index < -0.39 is 0 Å². The Bertz CT molecular complexity index is 773. The van der Waals surface area contributed by atoms with Crippen molar-refractivity contribution in [1.82, 2.24) is 0 Å². The first kappa shape index (κ1) is 16.2. The van der Waals surface area contributed by atoms with Crippen molar-refractivity contribution >= 4 is 45.0 Å². The summed E-state index contributed by atoms with van der Waals surface area (Å²) >= 11 is 9.32. The van der Waals surface area contributed by atoms with Gasteiger partial charge in [-0.2, -0.15) is 0 Å². The number of halogens is 2. The Kier molecular flexibility index (Phi) is 4.55. The lowest BCUT2D eigenvalue weighted by Gasteiger charge is -2.16. The Morgan fingerprint density at radius 3 is 2.52 bits per heavy atom. The lowest BCUT2D eigenvalue weighted by Crippen LogP contribution is -2.30. The SMILES string of the molecule is Cc1ccc(N2C(=O)C[C@H](Cc3ccc(Cl)cc3)C2=O)cc1Br. The molecule has 0 spiro atoms. The fraction of sp³-hybridized carbons (Fsp3) is 0.222. The first-order valence-electron chi connectivity index (χ1n) is 7.33. The summed E-state index contributed by atoms with van der Waals surface area (Å²) in [5, 5.41) is 0.661. The fourth-order valence-corrected chi connectivity index (χ4v) is 3.24. The van der Waals surface area contributed by atoms with E-state index in [1.165, 1.54) is 4.90 Å². The summed E-state index contributed by atoms with van der Waals surface area (Å²) in [6.07, 6.45) is 0.790. The predicted octanol–water partition coefficient (Wildman–Crippen LogP) is 4.53. The average molecular weight is 393 g/mol. The third-order valence-corrected chi connectivity index (χ3v) is 5.16. The molecule has 1 atom stereocenters. The molecule has 0 saturated carbocycles. The minimum absolute atomic E-state index is 0.138. The number of imide groups is 1. The zero-order valence-corrected chi connectivity index (χ0v) is 14.9. The Morgan fingerprint density at radius 1 is 1.17 bits per heavy atom. The van der Waals surface area contributed by atoms with Gasteiger partial charge in [-0.25, -0.2) is 0 Å². The van der Waals surface area contributed by atoms with E-state index in [4.69, 9.17) is 11.6 Å². The van der Waals surface area contributed by atoms with E-state index >= 15 is 0 Å². The summed E-state index contributed by atoms with van der Waals surface area (Å²) in [7, 11) is 0. The first-order valence-corrected chi connectivity index (χ1v) is 8.50. The van der Waals surface area contributed by atoms with Gasteiger partial charge in [0.05, 0.1) is 11.6 Å². The molecule has 0 bridgehead atoms. The van der Waals surface area contributed by atoms with Gasteiger partial charge in [-0.05, 0) is 48.7 Å². The maximum atomic E-state index is 12.6. The van der Waals surface area contributed by atoms with E-state index in [1.54, 1.807) is 18.2 Å². The van der Waals surface area contributed by atoms with Crippen molar-refractivity contribution in [3.8, 4) is 0 Å². The van der Waals surface area contributed by atoms with Gasteiger partial charge in [-0.3, -0.25) is 14.5 Å². The molecule has 0 radical (unpaired) electrons. The Balaban J connectivity index is 1.82. The average Bonchev–Trinajstić information content (AvgIpc) is 2.79. The van der Waals surface area contributed by atoms with Crippen LogP contribution in [0.2, 0.25) is 5.02 Å². The first-order chi connectivity index (χ1) is 11.0. The molecule has 0 aliphatic carbocycles. The van der Waals surface area contributed by atoms with Gasteiger partial charge in [-0.1, -0.05) is 45.7 Å². The number of nitrogens with zero attached hydrogens (tertiary/aromatic N) is 1. The molecule has 3 rings (SSSR count). The molecule has 118 valence electrons. The molecular formula is C18H15BrClNO2. The van der Waals surface area contributed by atoms with Crippen LogP contribution in [-0.4, -0.2) is 11.8 Å². The molecule has 3 nitrogen and oxygen atoms in total. The number of amides is 2. The summed E-state index contributed by atoms with van der Waals surface area (Å²) in [6.45, 7) is 1.96. The summed E-state index contributed by atoms with van der Waals surface area (Å²) in [5.74, 6) is -0.603. The maximum absolute atomic E-state index is 12.6. The van der Waals surface area contributed by atoms with E-state index in [9.17, 15) is 9.59 Å². The molecule has 2 aromatic rings. The second kappa shape index (κ2) is 6.46. The van der Waals surface area contributed by atoms with Crippen LogP contribution in [0.5, 0.6) is 0 Å². The summed E-state index contributed by atoms with van der Waals surface area (Å²) in [6, 6.07) is 12.9. The van der Waals surface area contributed by atoms with Gasteiger partial charge in [0, 0.05) is 15.9 Å². The topological polar surface area (TPSA) is 37.4 Å². The van der Waals surface area contributed by atoms with Gasteiger partial charge < -0.3 is 0 Å². The van der Waals surface area contributed by atoms with E-state index in [1.807, 2.05) is 31.2 Å². The number of hydrogen-bond acceptors (Lipinski definition) is 2. The van der Waals surface area contributed by atoms with Crippen molar-refractivity contribution in [1.29, 1.82) is 0 Å². The van der Waals surface area contributed by atoms with Crippen molar-refractivity contribution in [2.75, 3.05) is 4.90 Å². The molecular weight excluding hydrogens is 378 g/mol. The second-order valence-electron chi connectivity index (χ2n) is 5.73. The smallest absolute Gasteiger partial charge is 0.237 e. The van der Waals surface area contributed by atoms with Crippen LogP contribution in [0, 0.1) is 12.8 Å². The van der Waals surface area contributed by atoms with Crippen LogP contribution in [-0.2, 0) is 16.0 Å². The number of carbonyl (C=O) groups is 2. The standard InChI is InChI=1S/C18H15BrClNO2/c1-11-2-7-15(10-16(11)19)21-17(22)9-13(18(21)23)8-12-3-5-14(20)6-4-12/h2-7,10,13H,8-9H2,1H3/t13-/m0/s1. The van der Waals surface area contributed by atoms with Crippen molar-refractivity contribution in [3.05, 3.63) is 63.1 Å². The fourth-order valence-electron chi connectivity index (χ4n) is 2.75. The van der Waals surface area contributed by atoms with Crippen LogP contribution in [0.4, 0.5) is 5.69 Å². The molecule has 0 N–H and O–H groups in total. The van der Waals surface area contributed by atoms with Crippen molar-refractivity contribution in [2.24, 2.45) is 5.92 Å². The Morgan fingerprint density at radius 2 is 1.87 bits per heavy atom. The van der Waals surface area contributed by atoms with Crippen LogP contribution >= 0.6 is 27.5 Å². The number of benzene rings is 2. The van der Waals surface area contributed by atoms with Gasteiger partial charge in [0.2, 0.25) is 11.8 Å². The predicted molar refractivity (Wildman–Crippen MR) is 94.6 cm³/mol. The minimum atomic E-state index is -0.316. The zero-order valence-electron chi connectivity index (χ0n) is 12.6. The lowest BCUT2D eigenvalue weighted by atomic mass is 9.98. The molecule has 5 heteroatoms. The lowest BCUT2D eigenvalue weighted by molar-refractivity contribution is -0.122. The molecule has 1 aliphatic heterocycles. The highest BCUT2D eigenvalue weighted by atomic mass is 79.9. The van der Waals surface area contributed by atoms with E-state index in [0.29, 0.717) is 17.1 Å². The molecule has 1 aliphatic rings. The van der Waals surface area contributed by atoms with Crippen molar-refractivity contribution in [2.45, 2.75) is 19.8 Å². The normalized spacial score (nSPS) is 17.9. The van der Waals surface area contributed by atoms with E-state index in [2.05, 4.69) is 15.9 Å². The van der Waals surface area contributed by atoms with Gasteiger partial charge >= 0.3 is 0 Å². The van der Waals surface area contributed by atoms with Gasteiger partial charge in [0.1, 0.15) is 0 Å². The van der Waals surface area contributed by atoms with Crippen LogP contribution in [0.1, 0.15) is 17.5 Å². The van der Waals surface area contributed by atoms with Gasteiger partial charge in [-0.15, -0.1) is 0 Å². The van der Waals surface area contributed by atoms with Gasteiger partial charge in [0.25, 0.3) is 0 Å². The molecule has 0 unspecified atom stereocenters. The largest absolute Gasteiger partial charge is 0.274 e. The molecule has 2 amide bonds. The van der Waals surface area contributed by atoms with Crippen LogP contribution < -0.4 is 4.90 Å².